The van der Waals surface area contributed by atoms with Crippen LogP contribution in [0.15, 0.2) is 59.4 Å². The number of amides is 1. The van der Waals surface area contributed by atoms with Crippen molar-refractivity contribution in [3.8, 4) is 5.75 Å². The number of carboxylic acids is 1. The largest absolute Gasteiger partial charge is 0.497 e. The predicted octanol–water partition coefficient (Wildman–Crippen LogP) is 2.00. The quantitative estimate of drug-likeness (QED) is 0.564. The van der Waals surface area contributed by atoms with Crippen molar-refractivity contribution in [2.24, 2.45) is 0 Å². The molecular weight excluding hydrogens is 374 g/mol. The smallest absolute Gasteiger partial charge is 0.335 e. The fourth-order valence-corrected chi connectivity index (χ4v) is 2.68. The monoisotopic (exact) mass is 393 g/mol. The molecule has 0 saturated heterocycles. The van der Waals surface area contributed by atoms with Gasteiger partial charge in [0.15, 0.2) is 0 Å². The Labute approximate surface area is 166 Å². The average Bonchev–Trinajstić information content (AvgIpc) is 2.72. The molecule has 0 radical (unpaired) electrons. The van der Waals surface area contributed by atoms with Crippen LogP contribution >= 0.6 is 0 Å². The summed E-state index contributed by atoms with van der Waals surface area (Å²) in [5, 5.41) is 11.6. The normalized spacial score (nSPS) is 10.4. The Morgan fingerprint density at radius 3 is 2.34 bits per heavy atom. The molecule has 29 heavy (non-hydrogen) atoms. The first-order valence-corrected chi connectivity index (χ1v) is 8.78. The summed E-state index contributed by atoms with van der Waals surface area (Å²) >= 11 is 0. The molecule has 0 bridgehead atoms. The van der Waals surface area contributed by atoms with Gasteiger partial charge in [0.05, 0.1) is 12.7 Å². The zero-order valence-corrected chi connectivity index (χ0v) is 15.6. The Morgan fingerprint density at radius 1 is 1.07 bits per heavy atom. The molecular formula is C21H19N3O5. The Kier molecular flexibility index (Phi) is 6.03. The summed E-state index contributed by atoms with van der Waals surface area (Å²) in [7, 11) is 1.58. The first-order valence-electron chi connectivity index (χ1n) is 8.78. The number of carboxylic acid groups (broad SMARTS) is 1. The number of aromatic nitrogens is 2. The van der Waals surface area contributed by atoms with Crippen molar-refractivity contribution in [3.63, 3.8) is 0 Å². The van der Waals surface area contributed by atoms with Gasteiger partial charge in [-0.2, -0.15) is 0 Å². The molecule has 1 amide bonds. The third-order valence-electron chi connectivity index (χ3n) is 4.21. The van der Waals surface area contributed by atoms with E-state index in [0.717, 1.165) is 22.9 Å². The van der Waals surface area contributed by atoms with Crippen LogP contribution in [0.1, 0.15) is 37.8 Å². The van der Waals surface area contributed by atoms with E-state index in [9.17, 15) is 14.4 Å². The van der Waals surface area contributed by atoms with Gasteiger partial charge >= 0.3 is 5.97 Å². The molecule has 1 heterocycles. The Morgan fingerprint density at radius 2 is 1.72 bits per heavy atom. The summed E-state index contributed by atoms with van der Waals surface area (Å²) in [4.78, 5) is 42.1. The number of aromatic amines is 1. The number of ether oxygens (including phenoxy) is 1. The highest BCUT2D eigenvalue weighted by Crippen LogP contribution is 2.13. The first kappa shape index (κ1) is 19.8. The molecule has 8 nitrogen and oxygen atoms in total. The van der Waals surface area contributed by atoms with Crippen LogP contribution in [0.5, 0.6) is 5.75 Å². The number of hydrogen-bond acceptors (Lipinski definition) is 5. The van der Waals surface area contributed by atoms with Crippen molar-refractivity contribution in [2.75, 3.05) is 7.11 Å². The molecule has 0 saturated carbocycles. The van der Waals surface area contributed by atoms with Gasteiger partial charge < -0.3 is 20.1 Å². The number of nitrogens with one attached hydrogen (secondary N) is 2. The second kappa shape index (κ2) is 8.83. The van der Waals surface area contributed by atoms with Gasteiger partial charge in [-0.15, -0.1) is 0 Å². The molecule has 2 aromatic carbocycles. The highest BCUT2D eigenvalue weighted by molar-refractivity contribution is 5.92. The van der Waals surface area contributed by atoms with Crippen LogP contribution < -0.4 is 15.6 Å². The fourth-order valence-electron chi connectivity index (χ4n) is 2.68. The number of rotatable bonds is 7. The molecule has 1 aromatic heterocycles. The number of nitrogens with zero attached hydrogens (tertiary/aromatic N) is 1. The molecule has 0 spiro atoms. The van der Waals surface area contributed by atoms with Crippen molar-refractivity contribution in [3.05, 3.63) is 93.2 Å². The fraction of sp³-hybridized carbons (Fsp3) is 0.143. The van der Waals surface area contributed by atoms with Crippen molar-refractivity contribution < 1.29 is 19.4 Å². The minimum atomic E-state index is -1.02. The summed E-state index contributed by atoms with van der Waals surface area (Å²) in [6, 6.07) is 14.6. The molecule has 3 rings (SSSR count). The second-order valence-corrected chi connectivity index (χ2v) is 6.29. The molecule has 0 aliphatic heterocycles. The number of aromatic carboxylic acids is 1. The van der Waals surface area contributed by atoms with E-state index in [0.29, 0.717) is 12.2 Å². The average molecular weight is 393 g/mol. The zero-order chi connectivity index (χ0) is 20.8. The summed E-state index contributed by atoms with van der Waals surface area (Å²) < 4.78 is 5.12. The molecule has 3 N–H and O–H groups in total. The van der Waals surface area contributed by atoms with E-state index in [1.807, 2.05) is 12.1 Å². The Hall–Kier alpha value is -3.94. The van der Waals surface area contributed by atoms with E-state index in [2.05, 4.69) is 15.3 Å². The molecule has 0 unspecified atom stereocenters. The topological polar surface area (TPSA) is 121 Å². The van der Waals surface area contributed by atoms with Gasteiger partial charge in [-0.25, -0.2) is 9.78 Å². The maximum atomic E-state index is 12.4. The lowest BCUT2D eigenvalue weighted by molar-refractivity contribution is 0.0696. The third kappa shape index (κ3) is 5.29. The van der Waals surface area contributed by atoms with Crippen molar-refractivity contribution in [1.29, 1.82) is 0 Å². The number of hydrogen-bond donors (Lipinski definition) is 3. The van der Waals surface area contributed by atoms with Crippen LogP contribution in [0.2, 0.25) is 0 Å². The SMILES string of the molecule is COc1ccc(Cc2nc(C(=O)NCc3ccc(C(=O)O)cc3)cc(=O)[nH]2)cc1. The standard InChI is InChI=1S/C21H19N3O5/c1-29-16-8-4-13(5-9-16)10-18-23-17(11-19(25)24-18)20(26)22-12-14-2-6-15(7-3-14)21(27)28/h2-9,11H,10,12H2,1H3,(H,22,26)(H,27,28)(H,23,24,25). The first-order chi connectivity index (χ1) is 13.9. The van der Waals surface area contributed by atoms with Crippen molar-refractivity contribution in [2.45, 2.75) is 13.0 Å². The molecule has 3 aromatic rings. The van der Waals surface area contributed by atoms with Crippen LogP contribution in [0, 0.1) is 0 Å². The Bertz CT molecular complexity index is 1070. The van der Waals surface area contributed by atoms with Gasteiger partial charge in [0, 0.05) is 19.0 Å². The number of carbonyl (C=O) groups is 2. The van der Waals surface area contributed by atoms with E-state index >= 15 is 0 Å². The van der Waals surface area contributed by atoms with Crippen LogP contribution in [0.25, 0.3) is 0 Å². The van der Waals surface area contributed by atoms with Crippen molar-refractivity contribution in [1.82, 2.24) is 15.3 Å². The lowest BCUT2D eigenvalue weighted by Gasteiger charge is -2.07. The highest BCUT2D eigenvalue weighted by Gasteiger charge is 2.11. The van der Waals surface area contributed by atoms with Crippen LogP contribution in [-0.4, -0.2) is 34.1 Å². The van der Waals surface area contributed by atoms with E-state index in [1.54, 1.807) is 31.4 Å². The van der Waals surface area contributed by atoms with Crippen LogP contribution in [-0.2, 0) is 13.0 Å². The molecule has 0 aliphatic carbocycles. The van der Waals surface area contributed by atoms with Crippen molar-refractivity contribution >= 4 is 11.9 Å². The second-order valence-electron chi connectivity index (χ2n) is 6.29. The van der Waals surface area contributed by atoms with Gasteiger partial charge in [0.2, 0.25) is 0 Å². The third-order valence-corrected chi connectivity index (χ3v) is 4.21. The van der Waals surface area contributed by atoms with Gasteiger partial charge in [0.1, 0.15) is 17.3 Å². The van der Waals surface area contributed by atoms with Gasteiger partial charge in [-0.05, 0) is 35.4 Å². The highest BCUT2D eigenvalue weighted by atomic mass is 16.5. The van der Waals surface area contributed by atoms with E-state index in [-0.39, 0.29) is 17.8 Å². The molecule has 0 aliphatic rings. The lowest BCUT2D eigenvalue weighted by Crippen LogP contribution is -2.26. The maximum absolute atomic E-state index is 12.4. The summed E-state index contributed by atoms with van der Waals surface area (Å²) in [5.41, 5.74) is 1.40. The van der Waals surface area contributed by atoms with Gasteiger partial charge in [0.25, 0.3) is 11.5 Å². The number of carbonyl (C=O) groups excluding carboxylic acids is 1. The van der Waals surface area contributed by atoms with E-state index < -0.39 is 17.4 Å². The minimum absolute atomic E-state index is 0.0133. The maximum Gasteiger partial charge on any atom is 0.335 e. The predicted molar refractivity (Wildman–Crippen MR) is 105 cm³/mol. The van der Waals surface area contributed by atoms with Gasteiger partial charge in [-0.3, -0.25) is 9.59 Å². The van der Waals surface area contributed by atoms with E-state index in [1.165, 1.54) is 12.1 Å². The van der Waals surface area contributed by atoms with Gasteiger partial charge in [-0.1, -0.05) is 24.3 Å². The van der Waals surface area contributed by atoms with Crippen LogP contribution in [0.3, 0.4) is 0 Å². The molecule has 148 valence electrons. The summed E-state index contributed by atoms with van der Waals surface area (Å²) in [6.07, 6.45) is 0.358. The molecule has 0 atom stereocenters. The number of benzene rings is 2. The molecule has 0 fully saturated rings. The lowest BCUT2D eigenvalue weighted by atomic mass is 10.1. The minimum Gasteiger partial charge on any atom is -0.497 e. The number of H-pyrrole nitrogens is 1. The van der Waals surface area contributed by atoms with E-state index in [4.69, 9.17) is 9.84 Å². The zero-order valence-electron chi connectivity index (χ0n) is 15.6. The Balaban J connectivity index is 1.68. The summed E-state index contributed by atoms with van der Waals surface area (Å²) in [6.45, 7) is 0.182. The summed E-state index contributed by atoms with van der Waals surface area (Å²) in [5.74, 6) is -0.412. The molecule has 8 heteroatoms. The number of methoxy groups -OCH3 is 1. The van der Waals surface area contributed by atoms with Crippen LogP contribution in [0.4, 0.5) is 0 Å².